The lowest BCUT2D eigenvalue weighted by Crippen LogP contribution is -2.35. The molecule has 1 amide bonds. The van der Waals surface area contributed by atoms with E-state index < -0.39 is 0 Å². The van der Waals surface area contributed by atoms with Crippen molar-refractivity contribution in [2.75, 3.05) is 19.6 Å². The molecule has 4 heteroatoms. The van der Waals surface area contributed by atoms with Gasteiger partial charge in [0.05, 0.1) is 0 Å². The summed E-state index contributed by atoms with van der Waals surface area (Å²) in [5.74, 6) is 0.0317. The van der Waals surface area contributed by atoms with Crippen molar-refractivity contribution in [1.29, 1.82) is 0 Å². The van der Waals surface area contributed by atoms with Crippen molar-refractivity contribution >= 4 is 21.8 Å². The molecule has 0 saturated carbocycles. The summed E-state index contributed by atoms with van der Waals surface area (Å²) in [6.07, 6.45) is 0. The summed E-state index contributed by atoms with van der Waals surface area (Å²) in [5.41, 5.74) is 6.14. The average molecular weight is 271 g/mol. The number of hydrogen-bond donors (Lipinski definition) is 1. The van der Waals surface area contributed by atoms with E-state index in [0.29, 0.717) is 25.2 Å². The number of hydrogen-bond acceptors (Lipinski definition) is 2. The maximum Gasteiger partial charge on any atom is 0.253 e. The molecule has 0 atom stereocenters. The van der Waals surface area contributed by atoms with Gasteiger partial charge < -0.3 is 10.6 Å². The third kappa shape index (κ3) is 3.32. The molecule has 1 aromatic carbocycles. The van der Waals surface area contributed by atoms with Gasteiger partial charge in [-0.3, -0.25) is 4.79 Å². The first kappa shape index (κ1) is 12.2. The first-order chi connectivity index (χ1) is 7.19. The highest BCUT2D eigenvalue weighted by Crippen LogP contribution is 2.13. The Morgan fingerprint density at radius 1 is 1.53 bits per heavy atom. The lowest BCUT2D eigenvalue weighted by Gasteiger charge is -2.19. The first-order valence-electron chi connectivity index (χ1n) is 4.94. The molecule has 0 aliphatic heterocycles. The lowest BCUT2D eigenvalue weighted by atomic mass is 10.2. The van der Waals surface area contributed by atoms with Crippen LogP contribution in [0.25, 0.3) is 0 Å². The number of amides is 1. The Kier molecular flexibility index (Phi) is 4.78. The third-order valence-corrected chi connectivity index (χ3v) is 2.63. The van der Waals surface area contributed by atoms with Crippen LogP contribution in [0.4, 0.5) is 0 Å². The van der Waals surface area contributed by atoms with E-state index in [-0.39, 0.29) is 5.91 Å². The van der Waals surface area contributed by atoms with Crippen molar-refractivity contribution in [2.24, 2.45) is 5.73 Å². The van der Waals surface area contributed by atoms with Gasteiger partial charge in [0, 0.05) is 29.7 Å². The minimum absolute atomic E-state index is 0.0317. The van der Waals surface area contributed by atoms with Gasteiger partial charge >= 0.3 is 0 Å². The van der Waals surface area contributed by atoms with Crippen molar-refractivity contribution in [3.05, 3.63) is 34.3 Å². The summed E-state index contributed by atoms with van der Waals surface area (Å²) in [7, 11) is 0. The zero-order valence-electron chi connectivity index (χ0n) is 8.74. The van der Waals surface area contributed by atoms with Gasteiger partial charge in [0.15, 0.2) is 0 Å². The average Bonchev–Trinajstić information content (AvgIpc) is 2.25. The molecule has 0 bridgehead atoms. The molecular weight excluding hydrogens is 256 g/mol. The summed E-state index contributed by atoms with van der Waals surface area (Å²) in [5, 5.41) is 0. The van der Waals surface area contributed by atoms with Gasteiger partial charge in [-0.15, -0.1) is 0 Å². The number of nitrogens with two attached hydrogens (primary N) is 1. The molecular formula is C11H15BrN2O. The number of nitrogens with zero attached hydrogens (tertiary/aromatic N) is 1. The largest absolute Gasteiger partial charge is 0.338 e. The molecule has 1 aromatic rings. The van der Waals surface area contributed by atoms with Crippen LogP contribution in [-0.2, 0) is 0 Å². The molecule has 0 radical (unpaired) electrons. The van der Waals surface area contributed by atoms with E-state index >= 15 is 0 Å². The van der Waals surface area contributed by atoms with Crippen LogP contribution in [-0.4, -0.2) is 30.4 Å². The normalized spacial score (nSPS) is 10.1. The molecule has 0 aliphatic rings. The van der Waals surface area contributed by atoms with Crippen LogP contribution < -0.4 is 5.73 Å². The fraction of sp³-hybridized carbons (Fsp3) is 0.364. The molecule has 0 heterocycles. The molecule has 0 saturated heterocycles. The number of benzene rings is 1. The second kappa shape index (κ2) is 5.88. The smallest absolute Gasteiger partial charge is 0.253 e. The topological polar surface area (TPSA) is 46.3 Å². The Bertz CT molecular complexity index is 341. The highest BCUT2D eigenvalue weighted by Gasteiger charge is 2.12. The molecule has 0 aliphatic carbocycles. The van der Waals surface area contributed by atoms with E-state index in [1.54, 1.807) is 4.90 Å². The first-order valence-corrected chi connectivity index (χ1v) is 5.73. The quantitative estimate of drug-likeness (QED) is 0.908. The van der Waals surface area contributed by atoms with E-state index in [2.05, 4.69) is 15.9 Å². The Morgan fingerprint density at radius 3 is 2.80 bits per heavy atom. The number of halogens is 1. The van der Waals surface area contributed by atoms with E-state index in [0.717, 1.165) is 4.47 Å². The van der Waals surface area contributed by atoms with Crippen LogP contribution in [0.15, 0.2) is 28.7 Å². The Labute approximate surface area is 98.4 Å². The maximum atomic E-state index is 12.0. The maximum absolute atomic E-state index is 12.0. The van der Waals surface area contributed by atoms with E-state index in [1.165, 1.54) is 0 Å². The predicted molar refractivity (Wildman–Crippen MR) is 64.8 cm³/mol. The van der Waals surface area contributed by atoms with Gasteiger partial charge in [-0.25, -0.2) is 0 Å². The zero-order valence-corrected chi connectivity index (χ0v) is 10.3. The SMILES string of the molecule is CCN(CCN)C(=O)c1cccc(Br)c1. The third-order valence-electron chi connectivity index (χ3n) is 2.14. The monoisotopic (exact) mass is 270 g/mol. The van der Waals surface area contributed by atoms with Crippen LogP contribution in [0.2, 0.25) is 0 Å². The zero-order chi connectivity index (χ0) is 11.3. The highest BCUT2D eigenvalue weighted by atomic mass is 79.9. The van der Waals surface area contributed by atoms with Gasteiger partial charge in [0.1, 0.15) is 0 Å². The fourth-order valence-corrected chi connectivity index (χ4v) is 1.76. The summed E-state index contributed by atoms with van der Waals surface area (Å²) < 4.78 is 0.914. The number of likely N-dealkylation sites (N-methyl/N-ethyl adjacent to an activating group) is 1. The van der Waals surface area contributed by atoms with E-state index in [1.807, 2.05) is 31.2 Å². The Balaban J connectivity index is 2.82. The summed E-state index contributed by atoms with van der Waals surface area (Å²) in [6.45, 7) is 3.73. The van der Waals surface area contributed by atoms with Gasteiger partial charge in [-0.2, -0.15) is 0 Å². The van der Waals surface area contributed by atoms with Crippen molar-refractivity contribution in [1.82, 2.24) is 4.90 Å². The van der Waals surface area contributed by atoms with Gasteiger partial charge in [-0.05, 0) is 25.1 Å². The van der Waals surface area contributed by atoms with E-state index in [9.17, 15) is 4.79 Å². The Morgan fingerprint density at radius 2 is 2.27 bits per heavy atom. The standard InChI is InChI=1S/C11H15BrN2O/c1-2-14(7-6-13)11(15)9-4-3-5-10(12)8-9/h3-5,8H,2,6-7,13H2,1H3. The fourth-order valence-electron chi connectivity index (χ4n) is 1.36. The molecule has 0 aromatic heterocycles. The number of carbonyl (C=O) groups excluding carboxylic acids is 1. The molecule has 1 rings (SSSR count). The Hall–Kier alpha value is -0.870. The highest BCUT2D eigenvalue weighted by molar-refractivity contribution is 9.10. The van der Waals surface area contributed by atoms with Crippen molar-refractivity contribution in [2.45, 2.75) is 6.92 Å². The van der Waals surface area contributed by atoms with E-state index in [4.69, 9.17) is 5.73 Å². The molecule has 3 nitrogen and oxygen atoms in total. The number of rotatable bonds is 4. The van der Waals surface area contributed by atoms with Crippen molar-refractivity contribution in [3.8, 4) is 0 Å². The second-order valence-corrected chi connectivity index (χ2v) is 4.10. The van der Waals surface area contributed by atoms with Crippen LogP contribution in [0.1, 0.15) is 17.3 Å². The molecule has 0 fully saturated rings. The van der Waals surface area contributed by atoms with Crippen LogP contribution in [0.5, 0.6) is 0 Å². The minimum Gasteiger partial charge on any atom is -0.338 e. The summed E-state index contributed by atoms with van der Waals surface area (Å²) >= 11 is 3.35. The van der Waals surface area contributed by atoms with Crippen LogP contribution in [0, 0.1) is 0 Å². The number of carbonyl (C=O) groups is 1. The molecule has 15 heavy (non-hydrogen) atoms. The van der Waals surface area contributed by atoms with Gasteiger partial charge in [0.2, 0.25) is 0 Å². The van der Waals surface area contributed by atoms with Gasteiger partial charge in [0.25, 0.3) is 5.91 Å². The van der Waals surface area contributed by atoms with Gasteiger partial charge in [-0.1, -0.05) is 22.0 Å². The van der Waals surface area contributed by atoms with Crippen molar-refractivity contribution < 1.29 is 4.79 Å². The van der Waals surface area contributed by atoms with Crippen LogP contribution >= 0.6 is 15.9 Å². The predicted octanol–water partition coefficient (Wildman–Crippen LogP) is 1.87. The lowest BCUT2D eigenvalue weighted by molar-refractivity contribution is 0.0769. The summed E-state index contributed by atoms with van der Waals surface area (Å²) in [6, 6.07) is 7.39. The minimum atomic E-state index is 0.0317. The molecule has 0 spiro atoms. The molecule has 0 unspecified atom stereocenters. The van der Waals surface area contributed by atoms with Crippen molar-refractivity contribution in [3.63, 3.8) is 0 Å². The molecule has 2 N–H and O–H groups in total. The second-order valence-electron chi connectivity index (χ2n) is 3.18. The summed E-state index contributed by atoms with van der Waals surface area (Å²) in [4.78, 5) is 13.7. The molecule has 82 valence electrons. The van der Waals surface area contributed by atoms with Crippen LogP contribution in [0.3, 0.4) is 0 Å².